The monoisotopic (exact) mass is 339 g/mol. The number of anilines is 2. The topological polar surface area (TPSA) is 56.3 Å². The van der Waals surface area contributed by atoms with E-state index in [1.807, 2.05) is 6.07 Å². The quantitative estimate of drug-likeness (QED) is 0.556. The fourth-order valence-corrected chi connectivity index (χ4v) is 3.44. The molecule has 0 fully saturated rings. The summed E-state index contributed by atoms with van der Waals surface area (Å²) in [6.45, 7) is 6.16. The van der Waals surface area contributed by atoms with Crippen LogP contribution in [0.2, 0.25) is 0 Å². The highest BCUT2D eigenvalue weighted by molar-refractivity contribution is 8.01. The second-order valence-corrected chi connectivity index (χ2v) is 7.02. The van der Waals surface area contributed by atoms with Gasteiger partial charge in [0, 0.05) is 18.6 Å². The minimum Gasteiger partial charge on any atom is -0.382 e. The summed E-state index contributed by atoms with van der Waals surface area (Å²) in [6, 6.07) is 6.20. The molecule has 1 aromatic carbocycles. The molecule has 22 heavy (non-hydrogen) atoms. The molecule has 5 nitrogen and oxygen atoms in total. The Morgan fingerprint density at radius 2 is 2.05 bits per heavy atom. The molecule has 0 spiro atoms. The highest BCUT2D eigenvalue weighted by Crippen LogP contribution is 2.29. The van der Waals surface area contributed by atoms with Gasteiger partial charge in [0.15, 0.2) is 4.34 Å². The molecule has 0 atom stereocenters. The Bertz CT molecular complexity index is 590. The normalized spacial score (nSPS) is 10.9. The zero-order valence-corrected chi connectivity index (χ0v) is 14.7. The van der Waals surface area contributed by atoms with E-state index in [1.54, 1.807) is 30.2 Å². The lowest BCUT2D eigenvalue weighted by molar-refractivity contribution is 0.0790. The molecule has 0 saturated heterocycles. The molecule has 0 saturated carbocycles. The van der Waals surface area contributed by atoms with Gasteiger partial charge in [-0.2, -0.15) is 0 Å². The number of methoxy groups -OCH3 is 1. The van der Waals surface area contributed by atoms with Crippen molar-refractivity contribution >= 4 is 33.9 Å². The molecule has 0 aliphatic heterocycles. The smallest absolute Gasteiger partial charge is 0.210 e. The Kier molecular flexibility index (Phi) is 7.11. The lowest BCUT2D eigenvalue weighted by Gasteiger charge is -2.08. The summed E-state index contributed by atoms with van der Waals surface area (Å²) in [5.74, 6) is 0.863. The summed E-state index contributed by atoms with van der Waals surface area (Å²) in [5, 5.41) is 12.5. The number of nitrogens with one attached hydrogen (secondary N) is 1. The van der Waals surface area contributed by atoms with E-state index in [9.17, 15) is 0 Å². The van der Waals surface area contributed by atoms with Crippen LogP contribution in [0.5, 0.6) is 0 Å². The third-order valence-corrected chi connectivity index (χ3v) is 5.07. The first kappa shape index (κ1) is 17.2. The van der Waals surface area contributed by atoms with Crippen LogP contribution in [0.15, 0.2) is 22.5 Å². The lowest BCUT2D eigenvalue weighted by Crippen LogP contribution is -2.04. The second kappa shape index (κ2) is 9.09. The van der Waals surface area contributed by atoms with Gasteiger partial charge in [0.05, 0.1) is 19.8 Å². The third-order valence-electron chi connectivity index (χ3n) is 3.14. The van der Waals surface area contributed by atoms with Gasteiger partial charge < -0.3 is 14.8 Å². The van der Waals surface area contributed by atoms with E-state index in [-0.39, 0.29) is 0 Å². The van der Waals surface area contributed by atoms with E-state index in [4.69, 9.17) is 9.47 Å². The van der Waals surface area contributed by atoms with Crippen LogP contribution in [0.25, 0.3) is 0 Å². The molecule has 0 aliphatic carbocycles. The molecular weight excluding hydrogens is 318 g/mol. The van der Waals surface area contributed by atoms with E-state index < -0.39 is 0 Å². The Morgan fingerprint density at radius 3 is 2.86 bits per heavy atom. The van der Waals surface area contributed by atoms with Gasteiger partial charge in [-0.3, -0.25) is 0 Å². The second-order valence-electron chi connectivity index (χ2n) is 4.70. The number of aromatic nitrogens is 2. The molecule has 2 rings (SSSR count). The summed E-state index contributed by atoms with van der Waals surface area (Å²) in [6.07, 6.45) is 0. The van der Waals surface area contributed by atoms with Gasteiger partial charge in [-0.25, -0.2) is 0 Å². The predicted molar refractivity (Wildman–Crippen MR) is 92.5 cm³/mol. The third kappa shape index (κ3) is 5.24. The van der Waals surface area contributed by atoms with Crippen molar-refractivity contribution in [1.82, 2.24) is 10.2 Å². The first-order chi connectivity index (χ1) is 10.7. The van der Waals surface area contributed by atoms with Crippen LogP contribution in [0, 0.1) is 13.8 Å². The lowest BCUT2D eigenvalue weighted by atomic mass is 10.1. The minimum absolute atomic E-state index is 0.632. The van der Waals surface area contributed by atoms with Crippen LogP contribution in [0.1, 0.15) is 11.1 Å². The summed E-state index contributed by atoms with van der Waals surface area (Å²) in [4.78, 5) is 0. The maximum atomic E-state index is 5.42. The van der Waals surface area contributed by atoms with E-state index in [0.29, 0.717) is 19.8 Å². The molecule has 1 N–H and O–H groups in total. The Balaban J connectivity index is 1.80. The molecular formula is C15H21N3O2S2. The van der Waals surface area contributed by atoms with Gasteiger partial charge in [-0.15, -0.1) is 10.2 Å². The molecule has 1 heterocycles. The van der Waals surface area contributed by atoms with Crippen LogP contribution in [0.4, 0.5) is 10.8 Å². The molecule has 120 valence electrons. The summed E-state index contributed by atoms with van der Waals surface area (Å²) in [7, 11) is 1.67. The molecule has 2 aromatic rings. The number of thioether (sulfide) groups is 1. The number of rotatable bonds is 9. The number of ether oxygens (including phenoxy) is 2. The maximum Gasteiger partial charge on any atom is 0.210 e. The first-order valence-electron chi connectivity index (χ1n) is 7.07. The molecule has 0 radical (unpaired) electrons. The number of hydrogen-bond donors (Lipinski definition) is 1. The van der Waals surface area contributed by atoms with Crippen LogP contribution in [-0.2, 0) is 9.47 Å². The fourth-order valence-electron chi connectivity index (χ4n) is 1.75. The SMILES string of the molecule is COCCOCCSc1nnc(Nc2cccc(C)c2C)s1. The van der Waals surface area contributed by atoms with Gasteiger partial charge in [-0.05, 0) is 31.0 Å². The number of hydrogen-bond acceptors (Lipinski definition) is 7. The van der Waals surface area contributed by atoms with Crippen LogP contribution < -0.4 is 5.32 Å². The predicted octanol–water partition coefficient (Wildman–Crippen LogP) is 3.65. The van der Waals surface area contributed by atoms with E-state index in [1.165, 1.54) is 11.1 Å². The minimum atomic E-state index is 0.632. The van der Waals surface area contributed by atoms with Crippen molar-refractivity contribution in [1.29, 1.82) is 0 Å². The van der Waals surface area contributed by atoms with Crippen LogP contribution in [-0.4, -0.2) is 42.9 Å². The Hall–Kier alpha value is -1.15. The van der Waals surface area contributed by atoms with Crippen molar-refractivity contribution in [3.05, 3.63) is 29.3 Å². The van der Waals surface area contributed by atoms with Crippen molar-refractivity contribution in [3.8, 4) is 0 Å². The van der Waals surface area contributed by atoms with Crippen molar-refractivity contribution in [2.45, 2.75) is 18.2 Å². The van der Waals surface area contributed by atoms with Crippen molar-refractivity contribution in [2.75, 3.05) is 38.0 Å². The standard InChI is InChI=1S/C15H21N3O2S2/c1-11-5-4-6-13(12(11)2)16-14-17-18-15(22-14)21-10-9-20-8-7-19-3/h4-6H,7-10H2,1-3H3,(H,16,17). The average Bonchev–Trinajstić information content (AvgIpc) is 2.95. The van der Waals surface area contributed by atoms with Crippen molar-refractivity contribution in [2.24, 2.45) is 0 Å². The van der Waals surface area contributed by atoms with E-state index in [0.717, 1.165) is 20.9 Å². The highest BCUT2D eigenvalue weighted by atomic mass is 32.2. The zero-order chi connectivity index (χ0) is 15.8. The summed E-state index contributed by atoms with van der Waals surface area (Å²) >= 11 is 3.22. The summed E-state index contributed by atoms with van der Waals surface area (Å²) < 4.78 is 11.3. The largest absolute Gasteiger partial charge is 0.382 e. The molecule has 1 aromatic heterocycles. The van der Waals surface area contributed by atoms with Crippen molar-refractivity contribution in [3.63, 3.8) is 0 Å². The molecule has 0 aliphatic rings. The van der Waals surface area contributed by atoms with Gasteiger partial charge in [0.1, 0.15) is 0 Å². The van der Waals surface area contributed by atoms with E-state index in [2.05, 4.69) is 41.5 Å². The van der Waals surface area contributed by atoms with Gasteiger partial charge in [0.2, 0.25) is 5.13 Å². The number of benzene rings is 1. The Labute approximate surface area is 139 Å². The van der Waals surface area contributed by atoms with Crippen LogP contribution in [0.3, 0.4) is 0 Å². The van der Waals surface area contributed by atoms with Gasteiger partial charge in [0.25, 0.3) is 0 Å². The summed E-state index contributed by atoms with van der Waals surface area (Å²) in [5.41, 5.74) is 3.58. The number of aryl methyl sites for hydroxylation is 1. The van der Waals surface area contributed by atoms with Crippen molar-refractivity contribution < 1.29 is 9.47 Å². The number of nitrogens with zero attached hydrogens (tertiary/aromatic N) is 2. The van der Waals surface area contributed by atoms with E-state index >= 15 is 0 Å². The van der Waals surface area contributed by atoms with Crippen LogP contribution >= 0.6 is 23.1 Å². The molecule has 0 bridgehead atoms. The Morgan fingerprint density at radius 1 is 1.18 bits per heavy atom. The molecule has 7 heteroatoms. The zero-order valence-electron chi connectivity index (χ0n) is 13.1. The highest BCUT2D eigenvalue weighted by Gasteiger charge is 2.07. The first-order valence-corrected chi connectivity index (χ1v) is 8.87. The van der Waals surface area contributed by atoms with Gasteiger partial charge >= 0.3 is 0 Å². The van der Waals surface area contributed by atoms with Gasteiger partial charge in [-0.1, -0.05) is 35.2 Å². The fraction of sp³-hybridized carbons (Fsp3) is 0.467. The molecule has 0 amide bonds. The average molecular weight is 339 g/mol. The molecule has 0 unspecified atom stereocenters. The maximum absolute atomic E-state index is 5.42.